The number of benzene rings is 2. The number of methoxy groups -OCH3 is 3. The predicted molar refractivity (Wildman–Crippen MR) is 223 cm³/mol. The summed E-state index contributed by atoms with van der Waals surface area (Å²) in [5.41, 5.74) is 0.883. The van der Waals surface area contributed by atoms with Crippen molar-refractivity contribution in [2.45, 2.75) is 116 Å². The molecule has 0 N–H and O–H groups in total. The highest BCUT2D eigenvalue weighted by Crippen LogP contribution is 2.41. The number of carbonyl (C=O) groups is 1. The van der Waals surface area contributed by atoms with E-state index in [4.69, 9.17) is 32.5 Å². The van der Waals surface area contributed by atoms with E-state index in [1.165, 1.54) is 6.26 Å². The minimum Gasteiger partial charge on any atom is -0.459 e. The van der Waals surface area contributed by atoms with Gasteiger partial charge in [-0.1, -0.05) is 127 Å². The zero-order valence-electron chi connectivity index (χ0n) is 34.2. The minimum absolute atomic E-state index is 0.00603. The van der Waals surface area contributed by atoms with Crippen molar-refractivity contribution in [2.24, 2.45) is 5.41 Å². The van der Waals surface area contributed by atoms with Crippen LogP contribution >= 0.6 is 15.9 Å². The number of ether oxygens (including phenoxy) is 5. The summed E-state index contributed by atoms with van der Waals surface area (Å²) in [6.45, 7) is 14.3. The summed E-state index contributed by atoms with van der Waals surface area (Å²) in [6, 6.07) is 21.2. The molecule has 11 heteroatoms. The van der Waals surface area contributed by atoms with Gasteiger partial charge < -0.3 is 32.5 Å². The van der Waals surface area contributed by atoms with Gasteiger partial charge in [0.05, 0.1) is 36.3 Å². The maximum atomic E-state index is 12.4. The normalized spacial score (nSPS) is 21.3. The van der Waals surface area contributed by atoms with E-state index in [1.54, 1.807) is 21.3 Å². The summed E-state index contributed by atoms with van der Waals surface area (Å²) in [5, 5.41) is 2.04. The molecule has 1 aliphatic rings. The maximum absolute atomic E-state index is 12.4. The maximum Gasteiger partial charge on any atom is 0.311 e. The van der Waals surface area contributed by atoms with Gasteiger partial charge in [-0.05, 0) is 54.5 Å². The molecule has 0 spiro atoms. The van der Waals surface area contributed by atoms with Gasteiger partial charge in [0, 0.05) is 34.2 Å². The molecule has 9 nitrogen and oxygen atoms in total. The smallest absolute Gasteiger partial charge is 0.311 e. The van der Waals surface area contributed by atoms with Crippen LogP contribution in [0.4, 0.5) is 0 Å². The molecule has 0 aliphatic carbocycles. The van der Waals surface area contributed by atoms with E-state index in [0.717, 1.165) is 22.4 Å². The first-order valence-corrected chi connectivity index (χ1v) is 21.7. The number of esters is 1. The Labute approximate surface area is 337 Å². The van der Waals surface area contributed by atoms with Crippen LogP contribution in [-0.4, -0.2) is 70.8 Å². The Balaban J connectivity index is 1.80. The highest BCUT2D eigenvalue weighted by Gasteiger charge is 2.54. The number of carbonyl (C=O) groups excluding carboxylic acids is 1. The van der Waals surface area contributed by atoms with Crippen molar-refractivity contribution in [3.8, 4) is 0 Å². The molecule has 5 atom stereocenters. The SMILES string of the molecule is CO[C@@H]1C[C@H]([C@@H](/C=C(C)/C=C\[C@@H](C/C=C/Br)OC)O[Si](c2ccccc2)(c2ccccc2)C(C)(C)C)O[C@@](Cc2nc(COC(=O)C(C)(C)C)co2)(OC)C1. The van der Waals surface area contributed by atoms with Crippen LogP contribution in [0.5, 0.6) is 0 Å². The van der Waals surface area contributed by atoms with E-state index >= 15 is 0 Å². The Kier molecular flexibility index (Phi) is 16.0. The summed E-state index contributed by atoms with van der Waals surface area (Å²) in [5.74, 6) is -1.06. The molecular weight excluding hydrogens is 778 g/mol. The van der Waals surface area contributed by atoms with Crippen molar-refractivity contribution >= 4 is 40.6 Å². The van der Waals surface area contributed by atoms with Gasteiger partial charge in [-0.3, -0.25) is 4.79 Å². The lowest BCUT2D eigenvalue weighted by atomic mass is 9.92. The van der Waals surface area contributed by atoms with Crippen molar-refractivity contribution in [3.05, 3.63) is 113 Å². The molecule has 0 bridgehead atoms. The number of oxazole rings is 1. The van der Waals surface area contributed by atoms with E-state index in [2.05, 4.69) is 115 Å². The van der Waals surface area contributed by atoms with Crippen LogP contribution in [0.15, 0.2) is 106 Å². The Morgan fingerprint density at radius 1 is 1.02 bits per heavy atom. The number of nitrogens with zero attached hydrogens (tertiary/aromatic N) is 1. The molecule has 0 amide bonds. The first-order chi connectivity index (χ1) is 26.1. The number of halogens is 1. The summed E-state index contributed by atoms with van der Waals surface area (Å²) < 4.78 is 44.4. The molecule has 1 aromatic heterocycles. The van der Waals surface area contributed by atoms with Crippen molar-refractivity contribution in [2.75, 3.05) is 21.3 Å². The third-order valence-corrected chi connectivity index (χ3v) is 15.4. The summed E-state index contributed by atoms with van der Waals surface area (Å²) >= 11 is 3.37. The quantitative estimate of drug-likeness (QED) is 0.0753. The topological polar surface area (TPSA) is 98.5 Å². The average Bonchev–Trinajstić information content (AvgIpc) is 3.61. The van der Waals surface area contributed by atoms with E-state index in [0.29, 0.717) is 24.4 Å². The Hall–Kier alpha value is -3.16. The molecule has 2 aromatic carbocycles. The van der Waals surface area contributed by atoms with Crippen LogP contribution in [0.25, 0.3) is 0 Å². The molecule has 4 rings (SSSR count). The van der Waals surface area contributed by atoms with E-state index in [-0.39, 0.29) is 36.2 Å². The third kappa shape index (κ3) is 11.7. The molecule has 1 saturated heterocycles. The number of hydrogen-bond acceptors (Lipinski definition) is 9. The first kappa shape index (κ1) is 44.6. The zero-order chi connectivity index (χ0) is 40.3. The molecule has 0 saturated carbocycles. The molecule has 0 radical (unpaired) electrons. The van der Waals surface area contributed by atoms with Crippen molar-refractivity contribution < 1.29 is 37.3 Å². The van der Waals surface area contributed by atoms with Crippen molar-refractivity contribution in [1.82, 2.24) is 4.98 Å². The van der Waals surface area contributed by atoms with Crippen LogP contribution in [0.2, 0.25) is 5.04 Å². The molecule has 300 valence electrons. The fourth-order valence-corrected chi connectivity index (χ4v) is 11.8. The predicted octanol–water partition coefficient (Wildman–Crippen LogP) is 8.60. The molecule has 3 aromatic rings. The van der Waals surface area contributed by atoms with Gasteiger partial charge in [-0.15, -0.1) is 0 Å². The van der Waals surface area contributed by atoms with Gasteiger partial charge in [0.25, 0.3) is 8.32 Å². The van der Waals surface area contributed by atoms with Gasteiger partial charge in [0.1, 0.15) is 18.6 Å². The molecule has 1 fully saturated rings. The Morgan fingerprint density at radius 3 is 2.18 bits per heavy atom. The van der Waals surface area contributed by atoms with Gasteiger partial charge in [0.2, 0.25) is 0 Å². The summed E-state index contributed by atoms with van der Waals surface area (Å²) in [6.07, 6.45) is 10.5. The second kappa shape index (κ2) is 19.8. The van der Waals surface area contributed by atoms with Gasteiger partial charge in [0.15, 0.2) is 11.7 Å². The van der Waals surface area contributed by atoms with Crippen molar-refractivity contribution in [1.29, 1.82) is 0 Å². The zero-order valence-corrected chi connectivity index (χ0v) is 36.8. The molecular formula is C44H60BrNO8Si. The number of hydrogen-bond donors (Lipinski definition) is 0. The van der Waals surface area contributed by atoms with E-state index < -0.39 is 31.7 Å². The largest absolute Gasteiger partial charge is 0.459 e. The lowest BCUT2D eigenvalue weighted by Crippen LogP contribution is -2.69. The van der Waals surface area contributed by atoms with Crippen LogP contribution in [0, 0.1) is 5.41 Å². The highest BCUT2D eigenvalue weighted by molar-refractivity contribution is 9.11. The van der Waals surface area contributed by atoms with Gasteiger partial charge >= 0.3 is 5.97 Å². The molecule has 55 heavy (non-hydrogen) atoms. The Morgan fingerprint density at radius 2 is 1.65 bits per heavy atom. The fourth-order valence-electron chi connectivity index (χ4n) is 6.97. The number of allylic oxidation sites excluding steroid dienone is 2. The van der Waals surface area contributed by atoms with Crippen LogP contribution < -0.4 is 10.4 Å². The Bertz CT molecular complexity index is 1690. The lowest BCUT2D eigenvalue weighted by Gasteiger charge is -2.49. The number of rotatable bonds is 17. The van der Waals surface area contributed by atoms with Crippen LogP contribution in [0.3, 0.4) is 0 Å². The van der Waals surface area contributed by atoms with E-state index in [1.807, 2.05) is 44.0 Å². The standard InChI is InChI=1S/C44H60BrNO8Si/c1-32(23-24-34(48-8)18-17-25-45)26-39(54-55(43(5,6)7,36-19-13-11-14-20-36)37-21-15-12-16-22-37)38-27-35(49-9)28-44(50-10,53-38)29-40-46-33(30-51-40)31-52-41(47)42(2,3)4/h11-17,19-26,30,34-35,38-39H,18,27-29,31H2,1-10H3/b24-23-,25-17+,32-26+/t34-,35-,38-,39-,44+/m1/s1. The summed E-state index contributed by atoms with van der Waals surface area (Å²) in [7, 11) is 2.00. The van der Waals surface area contributed by atoms with Crippen LogP contribution in [0.1, 0.15) is 79.3 Å². The monoisotopic (exact) mass is 837 g/mol. The lowest BCUT2D eigenvalue weighted by molar-refractivity contribution is -0.297. The molecule has 1 aliphatic heterocycles. The molecule has 2 heterocycles. The van der Waals surface area contributed by atoms with E-state index in [9.17, 15) is 4.79 Å². The second-order valence-corrected chi connectivity index (χ2v) is 21.0. The minimum atomic E-state index is -3.07. The number of aromatic nitrogens is 1. The summed E-state index contributed by atoms with van der Waals surface area (Å²) in [4.78, 5) is 18.9. The first-order valence-electron chi connectivity index (χ1n) is 18.9. The molecule has 0 unspecified atom stereocenters. The average molecular weight is 839 g/mol. The van der Waals surface area contributed by atoms with Gasteiger partial charge in [-0.2, -0.15) is 0 Å². The van der Waals surface area contributed by atoms with Crippen LogP contribution in [-0.2, 0) is 45.9 Å². The third-order valence-electron chi connectivity index (χ3n) is 9.95. The fraction of sp³-hybridized carbons (Fsp3) is 0.500. The van der Waals surface area contributed by atoms with Crippen molar-refractivity contribution in [3.63, 3.8) is 0 Å². The highest BCUT2D eigenvalue weighted by atomic mass is 79.9. The van der Waals surface area contributed by atoms with Gasteiger partial charge in [-0.25, -0.2) is 4.98 Å². The second-order valence-electron chi connectivity index (χ2n) is 16.2.